The molecular weight excluding hydrogens is 498 g/mol. The molecule has 0 aliphatic carbocycles. The van der Waals surface area contributed by atoms with Gasteiger partial charge in [-0.1, -0.05) is 71.8 Å². The largest absolute Gasteiger partial charge is 4.00 e. The molecule has 0 amide bonds. The number of halogens is 2. The summed E-state index contributed by atoms with van der Waals surface area (Å²) in [6.07, 6.45) is 0. The Morgan fingerprint density at radius 2 is 0.806 bits per heavy atom. The summed E-state index contributed by atoms with van der Waals surface area (Å²) >= 11 is 0. The molecule has 0 aromatic heterocycles. The van der Waals surface area contributed by atoms with E-state index >= 15 is 0 Å². The van der Waals surface area contributed by atoms with E-state index in [1.165, 1.54) is 54.2 Å². The Balaban J connectivity index is 0.000000201. The first kappa shape index (κ1) is 25.3. The molecule has 0 aliphatic heterocycles. The molecule has 6 aromatic carbocycles. The summed E-state index contributed by atoms with van der Waals surface area (Å²) in [5.41, 5.74) is 2.65. The molecule has 0 aliphatic rings. The summed E-state index contributed by atoms with van der Waals surface area (Å²) in [6, 6.07) is 34.9. The fourth-order valence-corrected chi connectivity index (χ4v) is 4.17. The monoisotopic (exact) mass is 518 g/mol. The third-order valence-corrected chi connectivity index (χ3v) is 5.54. The summed E-state index contributed by atoms with van der Waals surface area (Å²) in [5, 5.41) is 10.8. The van der Waals surface area contributed by atoms with Gasteiger partial charge in [0.15, 0.2) is 0 Å². The molecule has 0 bridgehead atoms. The van der Waals surface area contributed by atoms with Crippen LogP contribution < -0.4 is 24.8 Å². The molecule has 0 nitrogen and oxygen atoms in total. The van der Waals surface area contributed by atoms with Crippen LogP contribution in [0.15, 0.2) is 97.1 Å². The summed E-state index contributed by atoms with van der Waals surface area (Å²) in [5.74, 6) is 0. The van der Waals surface area contributed by atoms with E-state index in [-0.39, 0.29) is 51.0 Å². The molecule has 0 unspecified atom stereocenters. The van der Waals surface area contributed by atoms with E-state index in [4.69, 9.17) is 0 Å². The van der Waals surface area contributed by atoms with Crippen LogP contribution >= 0.6 is 0 Å². The molecule has 0 atom stereocenters. The van der Waals surface area contributed by atoms with Crippen LogP contribution in [0.25, 0.3) is 43.1 Å². The Hall–Kier alpha value is -1.92. The van der Waals surface area contributed by atoms with Crippen molar-refractivity contribution >= 4 is 43.1 Å². The molecule has 0 radical (unpaired) electrons. The van der Waals surface area contributed by atoms with Crippen molar-refractivity contribution in [3.8, 4) is 0 Å². The molecule has 0 heterocycles. The van der Waals surface area contributed by atoms with E-state index in [0.717, 1.165) is 0 Å². The van der Waals surface area contributed by atoms with Crippen LogP contribution in [0.4, 0.5) is 0 Å². The maximum absolute atomic E-state index is 2.26. The molecule has 0 N–H and O–H groups in total. The Morgan fingerprint density at radius 1 is 0.452 bits per heavy atom. The van der Waals surface area contributed by atoms with Gasteiger partial charge in [0, 0.05) is 0 Å². The van der Waals surface area contributed by atoms with Crippen molar-refractivity contribution < 1.29 is 51.0 Å². The first-order valence-corrected chi connectivity index (χ1v) is 9.79. The fourth-order valence-electron chi connectivity index (χ4n) is 4.17. The number of fused-ring (bicyclic) bond motifs is 6. The van der Waals surface area contributed by atoms with Crippen LogP contribution in [0.3, 0.4) is 0 Å². The minimum Gasteiger partial charge on any atom is -1.00 e. The smallest absolute Gasteiger partial charge is 1.00 e. The van der Waals surface area contributed by atoms with Gasteiger partial charge in [-0.25, -0.2) is 0 Å². The molecule has 31 heavy (non-hydrogen) atoms. The topological polar surface area (TPSA) is 0 Å². The predicted molar refractivity (Wildman–Crippen MR) is 124 cm³/mol. The molecule has 0 saturated heterocycles. The summed E-state index contributed by atoms with van der Waals surface area (Å²) in [6.45, 7) is 4.27. The minimum absolute atomic E-state index is 0. The third-order valence-electron chi connectivity index (χ3n) is 5.54. The SMILES string of the molecule is Cc1ccc2c(c1)[cH-]c1ccccc12.Cc1ccc2c(c1)[cH-]c1ccccc12.[Cl-].[Cl-].[Zr+4]. The molecule has 3 heteroatoms. The molecular formula is C28H22Cl2Zr. The van der Waals surface area contributed by atoms with Crippen LogP contribution in [0.1, 0.15) is 11.1 Å². The zero-order valence-corrected chi connectivity index (χ0v) is 21.5. The van der Waals surface area contributed by atoms with Crippen molar-refractivity contribution in [2.45, 2.75) is 13.8 Å². The predicted octanol–water partition coefficient (Wildman–Crippen LogP) is 2.05. The van der Waals surface area contributed by atoms with Crippen molar-refractivity contribution in [3.05, 3.63) is 108 Å². The average molecular weight is 521 g/mol. The van der Waals surface area contributed by atoms with Gasteiger partial charge in [-0.3, -0.25) is 0 Å². The molecule has 152 valence electrons. The molecule has 6 rings (SSSR count). The van der Waals surface area contributed by atoms with Gasteiger partial charge in [0.25, 0.3) is 0 Å². The first-order valence-electron chi connectivity index (χ1n) is 9.79. The van der Waals surface area contributed by atoms with Crippen molar-refractivity contribution in [2.24, 2.45) is 0 Å². The Kier molecular flexibility index (Phi) is 8.67. The molecule has 0 spiro atoms. The van der Waals surface area contributed by atoms with Gasteiger partial charge in [-0.15, -0.1) is 79.5 Å². The quantitative estimate of drug-likeness (QED) is 0.269. The van der Waals surface area contributed by atoms with Gasteiger partial charge in [-0.05, 0) is 13.8 Å². The average Bonchev–Trinajstić information content (AvgIpc) is 3.25. The number of aryl methyl sites for hydroxylation is 2. The second-order valence-corrected chi connectivity index (χ2v) is 7.64. The van der Waals surface area contributed by atoms with Crippen LogP contribution in [0, 0.1) is 13.8 Å². The van der Waals surface area contributed by atoms with Crippen LogP contribution in [-0.4, -0.2) is 0 Å². The third kappa shape index (κ3) is 4.96. The van der Waals surface area contributed by atoms with Gasteiger partial charge in [0.2, 0.25) is 0 Å². The van der Waals surface area contributed by atoms with Gasteiger partial charge in [-0.2, -0.15) is 0 Å². The molecule has 0 saturated carbocycles. The van der Waals surface area contributed by atoms with Gasteiger partial charge in [0.1, 0.15) is 0 Å². The van der Waals surface area contributed by atoms with Crippen molar-refractivity contribution in [1.29, 1.82) is 0 Å². The second-order valence-electron chi connectivity index (χ2n) is 7.64. The van der Waals surface area contributed by atoms with Gasteiger partial charge >= 0.3 is 26.2 Å². The standard InChI is InChI=1S/2C14H11.2ClH.Zr/c2*1-10-6-7-14-12(8-10)9-11-4-2-3-5-13(11)14;;;/h2*2-9H,1H3;2*1H;/q2*-1;;;+4/p-2. The zero-order valence-electron chi connectivity index (χ0n) is 17.5. The van der Waals surface area contributed by atoms with E-state index in [1.54, 1.807) is 0 Å². The maximum atomic E-state index is 2.26. The number of benzene rings is 4. The summed E-state index contributed by atoms with van der Waals surface area (Å²) < 4.78 is 0. The normalized spacial score (nSPS) is 10.1. The van der Waals surface area contributed by atoms with Crippen LogP contribution in [0.2, 0.25) is 0 Å². The van der Waals surface area contributed by atoms with Crippen molar-refractivity contribution in [2.75, 3.05) is 0 Å². The van der Waals surface area contributed by atoms with E-state index < -0.39 is 0 Å². The number of hydrogen-bond donors (Lipinski definition) is 0. The van der Waals surface area contributed by atoms with E-state index in [2.05, 4.69) is 111 Å². The second kappa shape index (κ2) is 10.6. The van der Waals surface area contributed by atoms with Crippen LogP contribution in [-0.2, 0) is 26.2 Å². The van der Waals surface area contributed by atoms with Crippen molar-refractivity contribution in [1.82, 2.24) is 0 Å². The van der Waals surface area contributed by atoms with Crippen molar-refractivity contribution in [3.63, 3.8) is 0 Å². The fraction of sp³-hybridized carbons (Fsp3) is 0.0714. The number of hydrogen-bond acceptors (Lipinski definition) is 0. The Bertz CT molecular complexity index is 1330. The van der Waals surface area contributed by atoms with Crippen LogP contribution in [0.5, 0.6) is 0 Å². The van der Waals surface area contributed by atoms with E-state index in [9.17, 15) is 0 Å². The summed E-state index contributed by atoms with van der Waals surface area (Å²) in [4.78, 5) is 0. The van der Waals surface area contributed by atoms with Gasteiger partial charge < -0.3 is 24.8 Å². The zero-order chi connectivity index (χ0) is 19.1. The minimum atomic E-state index is 0. The molecule has 6 aromatic rings. The Morgan fingerprint density at radius 3 is 1.23 bits per heavy atom. The molecule has 0 fully saturated rings. The first-order chi connectivity index (χ1) is 13.7. The summed E-state index contributed by atoms with van der Waals surface area (Å²) in [7, 11) is 0. The van der Waals surface area contributed by atoms with E-state index in [0.29, 0.717) is 0 Å². The Labute approximate surface area is 214 Å². The van der Waals surface area contributed by atoms with Gasteiger partial charge in [0.05, 0.1) is 0 Å². The maximum Gasteiger partial charge on any atom is 4.00 e. The number of rotatable bonds is 0. The van der Waals surface area contributed by atoms with E-state index in [1.807, 2.05) is 0 Å².